The van der Waals surface area contributed by atoms with Gasteiger partial charge in [-0.05, 0) is 38.6 Å². The maximum absolute atomic E-state index is 12.7. The molecule has 2 heterocycles. The number of benzene rings is 1. The lowest BCUT2D eigenvalue weighted by atomic mass is 10.0. The largest absolute Gasteiger partial charge is 0.339 e. The van der Waals surface area contributed by atoms with Gasteiger partial charge in [0.25, 0.3) is 5.56 Å². The van der Waals surface area contributed by atoms with E-state index in [1.165, 1.54) is 10.9 Å². The second-order valence-electron chi connectivity index (χ2n) is 7.15. The molecule has 2 aromatic rings. The topological polar surface area (TPSA) is 58.4 Å². The summed E-state index contributed by atoms with van der Waals surface area (Å²) in [6.07, 6.45) is 2.54. The van der Waals surface area contributed by atoms with Crippen molar-refractivity contribution < 1.29 is 4.79 Å². The lowest BCUT2D eigenvalue weighted by Gasteiger charge is -2.23. The average molecular weight is 342 g/mol. The number of fused-ring (bicyclic) bond motifs is 1. The van der Waals surface area contributed by atoms with Crippen LogP contribution in [0.3, 0.4) is 0 Å². The van der Waals surface area contributed by atoms with Crippen molar-refractivity contribution in [1.29, 1.82) is 0 Å². The number of likely N-dealkylation sites (tertiary alicyclic amines) is 1. The normalized spacial score (nSPS) is 20.6. The van der Waals surface area contributed by atoms with Crippen molar-refractivity contribution in [1.82, 2.24) is 19.4 Å². The van der Waals surface area contributed by atoms with E-state index in [2.05, 4.69) is 30.9 Å². The first-order chi connectivity index (χ1) is 11.9. The highest BCUT2D eigenvalue weighted by Crippen LogP contribution is 2.23. The number of hydrogen-bond donors (Lipinski definition) is 0. The lowest BCUT2D eigenvalue weighted by Crippen LogP contribution is -2.38. The van der Waals surface area contributed by atoms with Crippen LogP contribution in [0.15, 0.2) is 29.3 Å². The van der Waals surface area contributed by atoms with E-state index in [0.717, 1.165) is 25.1 Å². The summed E-state index contributed by atoms with van der Waals surface area (Å²) in [5.74, 6) is 0.465. The van der Waals surface area contributed by atoms with Crippen molar-refractivity contribution in [2.45, 2.75) is 32.9 Å². The fourth-order valence-corrected chi connectivity index (χ4v) is 3.74. The number of carbonyl (C=O) groups excluding carboxylic acids is 1. The van der Waals surface area contributed by atoms with Crippen molar-refractivity contribution in [3.05, 3.63) is 40.4 Å². The summed E-state index contributed by atoms with van der Waals surface area (Å²) in [7, 11) is 4.11. The molecule has 0 bridgehead atoms. The van der Waals surface area contributed by atoms with Gasteiger partial charge in [-0.25, -0.2) is 4.98 Å². The van der Waals surface area contributed by atoms with Crippen molar-refractivity contribution in [2.75, 3.05) is 27.2 Å². The molecule has 3 rings (SSSR count). The van der Waals surface area contributed by atoms with E-state index in [1.807, 2.05) is 24.0 Å². The van der Waals surface area contributed by atoms with Crippen LogP contribution in [0, 0.1) is 12.8 Å². The van der Waals surface area contributed by atoms with E-state index >= 15 is 0 Å². The van der Waals surface area contributed by atoms with E-state index in [-0.39, 0.29) is 18.0 Å². The number of nitrogens with zero attached hydrogens (tertiary/aromatic N) is 4. The Morgan fingerprint density at radius 2 is 2.08 bits per heavy atom. The van der Waals surface area contributed by atoms with Crippen LogP contribution < -0.4 is 5.56 Å². The highest BCUT2D eigenvalue weighted by molar-refractivity contribution is 5.81. The maximum Gasteiger partial charge on any atom is 0.261 e. The molecule has 25 heavy (non-hydrogen) atoms. The molecule has 1 fully saturated rings. The predicted molar refractivity (Wildman–Crippen MR) is 98.6 cm³/mol. The first kappa shape index (κ1) is 17.6. The molecule has 2 atom stereocenters. The zero-order valence-corrected chi connectivity index (χ0v) is 15.4. The third-order valence-electron chi connectivity index (χ3n) is 5.31. The van der Waals surface area contributed by atoms with Crippen molar-refractivity contribution in [3.8, 4) is 0 Å². The third-order valence-corrected chi connectivity index (χ3v) is 5.31. The molecule has 0 N–H and O–H groups in total. The molecule has 0 saturated carbocycles. The summed E-state index contributed by atoms with van der Waals surface area (Å²) in [5.41, 5.74) is 1.51. The molecule has 1 aliphatic rings. The van der Waals surface area contributed by atoms with E-state index < -0.39 is 0 Å². The molecular formula is C19H26N4O2. The lowest BCUT2D eigenvalue weighted by molar-refractivity contribution is -0.131. The van der Waals surface area contributed by atoms with Gasteiger partial charge in [-0.1, -0.05) is 25.5 Å². The summed E-state index contributed by atoms with van der Waals surface area (Å²) in [5, 5.41) is 0.564. The van der Waals surface area contributed by atoms with Crippen LogP contribution in [0.1, 0.15) is 18.9 Å². The second kappa shape index (κ2) is 6.96. The van der Waals surface area contributed by atoms with Crippen LogP contribution in [-0.4, -0.2) is 58.5 Å². The van der Waals surface area contributed by atoms with Crippen molar-refractivity contribution in [3.63, 3.8) is 0 Å². The number of hydrogen-bond acceptors (Lipinski definition) is 4. The first-order valence-corrected chi connectivity index (χ1v) is 8.81. The zero-order chi connectivity index (χ0) is 18.1. The van der Waals surface area contributed by atoms with Gasteiger partial charge in [0.1, 0.15) is 6.54 Å². The minimum absolute atomic E-state index is 0.0151. The van der Waals surface area contributed by atoms with Gasteiger partial charge >= 0.3 is 0 Å². The number of para-hydroxylation sites is 1. The minimum atomic E-state index is -0.155. The van der Waals surface area contributed by atoms with Gasteiger partial charge in [0.15, 0.2) is 0 Å². The molecule has 1 amide bonds. The Morgan fingerprint density at radius 3 is 2.72 bits per heavy atom. The molecule has 1 saturated heterocycles. The molecule has 0 radical (unpaired) electrons. The first-order valence-electron chi connectivity index (χ1n) is 8.81. The van der Waals surface area contributed by atoms with E-state index in [9.17, 15) is 9.59 Å². The van der Waals surface area contributed by atoms with Gasteiger partial charge < -0.3 is 9.80 Å². The van der Waals surface area contributed by atoms with Crippen molar-refractivity contribution in [2.24, 2.45) is 5.92 Å². The molecule has 1 aliphatic heterocycles. The molecular weight excluding hydrogens is 316 g/mol. The minimum Gasteiger partial charge on any atom is -0.339 e. The number of rotatable bonds is 4. The SMILES string of the molecule is CC[C@@H]1CN(C(=O)Cn2cnc3c(C)cccc3c2=O)C[C@H]1N(C)C. The monoisotopic (exact) mass is 342 g/mol. The summed E-state index contributed by atoms with van der Waals surface area (Å²) in [6.45, 7) is 5.62. The summed E-state index contributed by atoms with van der Waals surface area (Å²) < 4.78 is 1.42. The second-order valence-corrected chi connectivity index (χ2v) is 7.15. The quantitative estimate of drug-likeness (QED) is 0.845. The molecule has 0 spiro atoms. The van der Waals surface area contributed by atoms with Crippen molar-refractivity contribution >= 4 is 16.8 Å². The molecule has 0 unspecified atom stereocenters. The Hall–Kier alpha value is -2.21. The van der Waals surface area contributed by atoms with Crippen LogP contribution in [0.4, 0.5) is 0 Å². The van der Waals surface area contributed by atoms with Crippen LogP contribution in [0.25, 0.3) is 10.9 Å². The maximum atomic E-state index is 12.7. The van der Waals surface area contributed by atoms with Gasteiger partial charge in [0, 0.05) is 19.1 Å². The molecule has 6 heteroatoms. The van der Waals surface area contributed by atoms with Crippen LogP contribution in [-0.2, 0) is 11.3 Å². The highest BCUT2D eigenvalue weighted by Gasteiger charge is 2.35. The zero-order valence-electron chi connectivity index (χ0n) is 15.4. The molecule has 6 nitrogen and oxygen atoms in total. The summed E-state index contributed by atoms with van der Waals surface area (Å²) in [4.78, 5) is 33.8. The molecule has 1 aromatic heterocycles. The van der Waals surface area contributed by atoms with Gasteiger partial charge in [0.2, 0.25) is 5.91 Å². The number of aromatic nitrogens is 2. The third kappa shape index (κ3) is 3.31. The van der Waals surface area contributed by atoms with Gasteiger partial charge in [-0.3, -0.25) is 14.2 Å². The van der Waals surface area contributed by atoms with Crippen LogP contribution >= 0.6 is 0 Å². The van der Waals surface area contributed by atoms with E-state index in [0.29, 0.717) is 22.9 Å². The fourth-order valence-electron chi connectivity index (χ4n) is 3.74. The van der Waals surface area contributed by atoms with Crippen LogP contribution in [0.5, 0.6) is 0 Å². The smallest absolute Gasteiger partial charge is 0.261 e. The standard InChI is InChI=1S/C19H26N4O2/c1-5-14-9-22(10-16(14)21(3)4)17(24)11-23-12-20-18-13(2)7-6-8-15(18)19(23)25/h6-8,12,14,16H,5,9-11H2,1-4H3/t14-,16-/m1/s1. The summed E-state index contributed by atoms with van der Waals surface area (Å²) in [6, 6.07) is 5.92. The Morgan fingerprint density at radius 1 is 1.32 bits per heavy atom. The predicted octanol–water partition coefficient (Wildman–Crippen LogP) is 1.50. The van der Waals surface area contributed by atoms with E-state index in [1.54, 1.807) is 6.07 Å². The van der Waals surface area contributed by atoms with Gasteiger partial charge in [-0.15, -0.1) is 0 Å². The Bertz CT molecular complexity index is 843. The fraction of sp³-hybridized carbons (Fsp3) is 0.526. The average Bonchev–Trinajstić information content (AvgIpc) is 3.03. The highest BCUT2D eigenvalue weighted by atomic mass is 16.2. The number of amides is 1. The molecule has 1 aromatic carbocycles. The van der Waals surface area contributed by atoms with Gasteiger partial charge in [-0.2, -0.15) is 0 Å². The Balaban J connectivity index is 1.81. The number of carbonyl (C=O) groups is 1. The molecule has 134 valence electrons. The molecule has 0 aliphatic carbocycles. The number of likely N-dealkylation sites (N-methyl/N-ethyl adjacent to an activating group) is 1. The number of aryl methyl sites for hydroxylation is 1. The van der Waals surface area contributed by atoms with E-state index in [4.69, 9.17) is 0 Å². The van der Waals surface area contributed by atoms with Gasteiger partial charge in [0.05, 0.1) is 17.2 Å². The Labute approximate surface area is 148 Å². The summed E-state index contributed by atoms with van der Waals surface area (Å²) >= 11 is 0. The Kier molecular flexibility index (Phi) is 4.90. The van der Waals surface area contributed by atoms with Crippen LogP contribution in [0.2, 0.25) is 0 Å².